The van der Waals surface area contributed by atoms with E-state index in [2.05, 4.69) is 0 Å². The van der Waals surface area contributed by atoms with Crippen LogP contribution in [0.15, 0.2) is 0 Å². The fourth-order valence-electron chi connectivity index (χ4n) is 2.10. The van der Waals surface area contributed by atoms with Gasteiger partial charge in [-0.25, -0.2) is 0 Å². The molecule has 0 spiro atoms. The normalized spacial score (nSPS) is 37.9. The van der Waals surface area contributed by atoms with Gasteiger partial charge in [0.15, 0.2) is 0 Å². The SMILES string of the molecule is CC(CO)C(O)C1(O)CCCCC1O. The van der Waals surface area contributed by atoms with E-state index in [9.17, 15) is 15.3 Å². The molecular weight excluding hydrogens is 184 g/mol. The highest BCUT2D eigenvalue weighted by Gasteiger charge is 2.45. The largest absolute Gasteiger partial charge is 0.396 e. The van der Waals surface area contributed by atoms with Crippen LogP contribution in [0.5, 0.6) is 0 Å². The molecule has 4 heteroatoms. The lowest BCUT2D eigenvalue weighted by atomic mass is 9.75. The highest BCUT2D eigenvalue weighted by Crippen LogP contribution is 2.33. The van der Waals surface area contributed by atoms with Gasteiger partial charge < -0.3 is 20.4 Å². The van der Waals surface area contributed by atoms with E-state index in [0.717, 1.165) is 12.8 Å². The van der Waals surface area contributed by atoms with Gasteiger partial charge in [0.05, 0.1) is 12.2 Å². The van der Waals surface area contributed by atoms with E-state index in [1.54, 1.807) is 6.92 Å². The molecule has 4 N–H and O–H groups in total. The van der Waals surface area contributed by atoms with E-state index in [0.29, 0.717) is 12.8 Å². The first-order valence-corrected chi connectivity index (χ1v) is 5.21. The molecule has 1 saturated carbocycles. The number of hydrogen-bond donors (Lipinski definition) is 4. The molecule has 4 atom stereocenters. The van der Waals surface area contributed by atoms with Crippen molar-refractivity contribution in [2.45, 2.75) is 50.4 Å². The van der Waals surface area contributed by atoms with E-state index in [-0.39, 0.29) is 6.61 Å². The first-order valence-electron chi connectivity index (χ1n) is 5.21. The molecule has 0 aliphatic heterocycles. The van der Waals surface area contributed by atoms with Gasteiger partial charge in [-0.15, -0.1) is 0 Å². The van der Waals surface area contributed by atoms with Gasteiger partial charge in [0, 0.05) is 12.5 Å². The maximum absolute atomic E-state index is 10.1. The standard InChI is InChI=1S/C10H20O4/c1-7(6-11)9(13)10(14)5-3-2-4-8(10)12/h7-9,11-14H,2-6H2,1H3. The van der Waals surface area contributed by atoms with Crippen molar-refractivity contribution in [3.8, 4) is 0 Å². The van der Waals surface area contributed by atoms with Crippen molar-refractivity contribution in [2.75, 3.05) is 6.61 Å². The molecule has 0 bridgehead atoms. The van der Waals surface area contributed by atoms with Gasteiger partial charge in [-0.3, -0.25) is 0 Å². The van der Waals surface area contributed by atoms with Crippen molar-refractivity contribution in [2.24, 2.45) is 5.92 Å². The van der Waals surface area contributed by atoms with Crippen molar-refractivity contribution in [1.82, 2.24) is 0 Å². The van der Waals surface area contributed by atoms with Crippen LogP contribution in [0.4, 0.5) is 0 Å². The van der Waals surface area contributed by atoms with E-state index in [4.69, 9.17) is 5.11 Å². The van der Waals surface area contributed by atoms with Crippen LogP contribution in [0.2, 0.25) is 0 Å². The molecule has 4 nitrogen and oxygen atoms in total. The Bertz CT molecular complexity index is 185. The van der Waals surface area contributed by atoms with Crippen molar-refractivity contribution in [3.63, 3.8) is 0 Å². The minimum Gasteiger partial charge on any atom is -0.396 e. The fraction of sp³-hybridized carbons (Fsp3) is 1.00. The average Bonchev–Trinajstić information content (AvgIpc) is 2.20. The smallest absolute Gasteiger partial charge is 0.117 e. The van der Waals surface area contributed by atoms with Crippen molar-refractivity contribution < 1.29 is 20.4 Å². The molecule has 0 heterocycles. The van der Waals surface area contributed by atoms with Crippen LogP contribution in [-0.4, -0.2) is 44.8 Å². The van der Waals surface area contributed by atoms with Crippen molar-refractivity contribution in [1.29, 1.82) is 0 Å². The number of aliphatic hydroxyl groups is 4. The monoisotopic (exact) mass is 204 g/mol. The maximum atomic E-state index is 10.1. The van der Waals surface area contributed by atoms with Crippen LogP contribution in [-0.2, 0) is 0 Å². The lowest BCUT2D eigenvalue weighted by Crippen LogP contribution is -2.56. The Balaban J connectivity index is 2.70. The van der Waals surface area contributed by atoms with Crippen LogP contribution >= 0.6 is 0 Å². The van der Waals surface area contributed by atoms with Crippen LogP contribution in [0, 0.1) is 5.92 Å². The molecule has 1 aliphatic rings. The molecule has 84 valence electrons. The predicted octanol–water partition coefficient (Wildman–Crippen LogP) is -0.358. The molecule has 4 unspecified atom stereocenters. The fourth-order valence-corrected chi connectivity index (χ4v) is 2.10. The molecule has 1 fully saturated rings. The van der Waals surface area contributed by atoms with Crippen LogP contribution in [0.25, 0.3) is 0 Å². The first-order chi connectivity index (χ1) is 6.52. The summed E-state index contributed by atoms with van der Waals surface area (Å²) in [5, 5.41) is 38.4. The number of hydrogen-bond acceptors (Lipinski definition) is 4. The van der Waals surface area contributed by atoms with Gasteiger partial charge in [-0.1, -0.05) is 19.8 Å². The Morgan fingerprint density at radius 3 is 2.57 bits per heavy atom. The molecule has 0 saturated heterocycles. The van der Waals surface area contributed by atoms with E-state index >= 15 is 0 Å². The minimum atomic E-state index is -1.43. The topological polar surface area (TPSA) is 80.9 Å². The predicted molar refractivity (Wildman–Crippen MR) is 51.7 cm³/mol. The third-order valence-electron chi connectivity index (χ3n) is 3.22. The molecule has 0 radical (unpaired) electrons. The van der Waals surface area contributed by atoms with Gasteiger partial charge in [0.1, 0.15) is 5.60 Å². The summed E-state index contributed by atoms with van der Waals surface area (Å²) in [6.45, 7) is 1.47. The second-order valence-electron chi connectivity index (χ2n) is 4.36. The quantitative estimate of drug-likeness (QED) is 0.506. The second-order valence-corrected chi connectivity index (χ2v) is 4.36. The Morgan fingerprint density at radius 2 is 2.07 bits per heavy atom. The van der Waals surface area contributed by atoms with E-state index in [1.165, 1.54) is 0 Å². The van der Waals surface area contributed by atoms with Gasteiger partial charge in [-0.2, -0.15) is 0 Å². The lowest BCUT2D eigenvalue weighted by molar-refractivity contribution is -0.180. The van der Waals surface area contributed by atoms with Gasteiger partial charge in [0.25, 0.3) is 0 Å². The summed E-state index contributed by atoms with van der Waals surface area (Å²) in [7, 11) is 0. The zero-order valence-corrected chi connectivity index (χ0v) is 8.56. The lowest BCUT2D eigenvalue weighted by Gasteiger charge is -2.42. The zero-order valence-electron chi connectivity index (χ0n) is 8.56. The van der Waals surface area contributed by atoms with Gasteiger partial charge >= 0.3 is 0 Å². The van der Waals surface area contributed by atoms with Crippen LogP contribution < -0.4 is 0 Å². The molecule has 0 aromatic heterocycles. The Kier molecular flexibility index (Phi) is 3.89. The summed E-state index contributed by atoms with van der Waals surface area (Å²) < 4.78 is 0. The van der Waals surface area contributed by atoms with E-state index in [1.807, 2.05) is 0 Å². The van der Waals surface area contributed by atoms with E-state index < -0.39 is 23.7 Å². The van der Waals surface area contributed by atoms with Gasteiger partial charge in [0.2, 0.25) is 0 Å². The molecular formula is C10H20O4. The average molecular weight is 204 g/mol. The van der Waals surface area contributed by atoms with Crippen LogP contribution in [0.3, 0.4) is 0 Å². The molecule has 0 aromatic rings. The highest BCUT2D eigenvalue weighted by atomic mass is 16.4. The summed E-state index contributed by atoms with van der Waals surface area (Å²) >= 11 is 0. The summed E-state index contributed by atoms with van der Waals surface area (Å²) in [5.41, 5.74) is -1.43. The Morgan fingerprint density at radius 1 is 1.43 bits per heavy atom. The molecule has 1 aliphatic carbocycles. The third-order valence-corrected chi connectivity index (χ3v) is 3.22. The van der Waals surface area contributed by atoms with Crippen molar-refractivity contribution >= 4 is 0 Å². The number of aliphatic hydroxyl groups excluding tert-OH is 3. The molecule has 0 aromatic carbocycles. The van der Waals surface area contributed by atoms with Crippen LogP contribution in [0.1, 0.15) is 32.6 Å². The van der Waals surface area contributed by atoms with Gasteiger partial charge in [-0.05, 0) is 12.8 Å². The second kappa shape index (κ2) is 4.57. The summed E-state index contributed by atoms with van der Waals surface area (Å²) in [4.78, 5) is 0. The zero-order chi connectivity index (χ0) is 10.8. The highest BCUT2D eigenvalue weighted by molar-refractivity contribution is 4.97. The minimum absolute atomic E-state index is 0.184. The summed E-state index contributed by atoms with van der Waals surface area (Å²) in [6, 6.07) is 0. The van der Waals surface area contributed by atoms with Crippen molar-refractivity contribution in [3.05, 3.63) is 0 Å². The maximum Gasteiger partial charge on any atom is 0.117 e. The molecule has 0 amide bonds. The molecule has 1 rings (SSSR count). The Hall–Kier alpha value is -0.160. The molecule has 14 heavy (non-hydrogen) atoms. The first kappa shape index (κ1) is 11.9. The number of rotatable bonds is 3. The summed E-state index contributed by atoms with van der Waals surface area (Å²) in [5.74, 6) is -0.409. The third kappa shape index (κ3) is 2.08. The summed E-state index contributed by atoms with van der Waals surface area (Å²) in [6.07, 6.45) is 0.681. The Labute approximate surface area is 84.2 Å².